The Labute approximate surface area is 177 Å². The fraction of sp³-hybridized carbons (Fsp3) is 0.577. The number of carboxylic acids is 1. The molecule has 0 aromatic carbocycles. The van der Waals surface area contributed by atoms with Crippen molar-refractivity contribution in [3.05, 3.63) is 58.7 Å². The molecule has 0 amide bonds. The third-order valence-corrected chi connectivity index (χ3v) is 5.89. The van der Waals surface area contributed by atoms with E-state index in [2.05, 4.69) is 45.9 Å². The molecule has 0 spiro atoms. The highest BCUT2D eigenvalue weighted by molar-refractivity contribution is 5.70. The molecule has 162 valence electrons. The largest absolute Gasteiger partial charge is 0.481 e. The summed E-state index contributed by atoms with van der Waals surface area (Å²) in [6.45, 7) is 11.2. The van der Waals surface area contributed by atoms with Gasteiger partial charge in [0.15, 0.2) is 0 Å². The SMILES string of the molecule is CC(C=CC1=C(C)CCCC1(C)C)=CC=CC(C)=CCO.O=C(O)C1CCCC1. The zero-order valence-electron chi connectivity index (χ0n) is 19.0. The van der Waals surface area contributed by atoms with Gasteiger partial charge in [0.25, 0.3) is 0 Å². The summed E-state index contributed by atoms with van der Waals surface area (Å²) in [7, 11) is 0. The number of aliphatic hydroxyl groups excluding tert-OH is 1. The third kappa shape index (κ3) is 9.45. The Morgan fingerprint density at radius 2 is 1.76 bits per heavy atom. The van der Waals surface area contributed by atoms with Gasteiger partial charge in [-0.25, -0.2) is 0 Å². The molecular formula is C26H40O3. The third-order valence-electron chi connectivity index (χ3n) is 5.89. The summed E-state index contributed by atoms with van der Waals surface area (Å²) in [5.41, 5.74) is 5.66. The summed E-state index contributed by atoms with van der Waals surface area (Å²) >= 11 is 0. The number of carbonyl (C=O) groups is 1. The highest BCUT2D eigenvalue weighted by Crippen LogP contribution is 2.40. The van der Waals surface area contributed by atoms with Crippen LogP contribution in [0.1, 0.15) is 79.6 Å². The van der Waals surface area contributed by atoms with Crippen molar-refractivity contribution in [2.24, 2.45) is 11.3 Å². The van der Waals surface area contributed by atoms with Gasteiger partial charge in [0.1, 0.15) is 0 Å². The van der Waals surface area contributed by atoms with Gasteiger partial charge in [0.05, 0.1) is 12.5 Å². The molecule has 0 heterocycles. The van der Waals surface area contributed by atoms with Crippen LogP contribution in [0.25, 0.3) is 0 Å². The molecule has 0 saturated heterocycles. The maximum absolute atomic E-state index is 10.2. The van der Waals surface area contributed by atoms with Crippen molar-refractivity contribution < 1.29 is 15.0 Å². The minimum Gasteiger partial charge on any atom is -0.481 e. The van der Waals surface area contributed by atoms with Crippen LogP contribution in [0.4, 0.5) is 0 Å². The fourth-order valence-corrected chi connectivity index (χ4v) is 4.02. The lowest BCUT2D eigenvalue weighted by Crippen LogP contribution is -2.19. The summed E-state index contributed by atoms with van der Waals surface area (Å²) in [5, 5.41) is 17.2. The van der Waals surface area contributed by atoms with Crippen LogP contribution in [-0.2, 0) is 4.79 Å². The molecule has 0 aliphatic heterocycles. The van der Waals surface area contributed by atoms with Crippen LogP contribution in [-0.4, -0.2) is 22.8 Å². The monoisotopic (exact) mass is 400 g/mol. The lowest BCUT2D eigenvalue weighted by atomic mass is 9.72. The van der Waals surface area contributed by atoms with Crippen LogP contribution in [0.2, 0.25) is 0 Å². The van der Waals surface area contributed by atoms with Crippen molar-refractivity contribution in [2.75, 3.05) is 6.61 Å². The van der Waals surface area contributed by atoms with Gasteiger partial charge in [0, 0.05) is 0 Å². The predicted molar refractivity (Wildman–Crippen MR) is 123 cm³/mol. The number of aliphatic carboxylic acids is 1. The molecule has 29 heavy (non-hydrogen) atoms. The van der Waals surface area contributed by atoms with Gasteiger partial charge in [-0.2, -0.15) is 0 Å². The first-order chi connectivity index (χ1) is 13.7. The topological polar surface area (TPSA) is 57.5 Å². The van der Waals surface area contributed by atoms with E-state index in [1.807, 2.05) is 19.1 Å². The predicted octanol–water partition coefficient (Wildman–Crippen LogP) is 6.77. The lowest BCUT2D eigenvalue weighted by Gasteiger charge is -2.32. The van der Waals surface area contributed by atoms with Crippen LogP contribution in [0, 0.1) is 11.3 Å². The zero-order chi connectivity index (χ0) is 21.9. The van der Waals surface area contributed by atoms with E-state index in [4.69, 9.17) is 10.2 Å². The quantitative estimate of drug-likeness (QED) is 0.484. The second-order valence-electron chi connectivity index (χ2n) is 8.98. The molecule has 0 aromatic rings. The zero-order valence-corrected chi connectivity index (χ0v) is 19.0. The molecule has 1 saturated carbocycles. The van der Waals surface area contributed by atoms with Gasteiger partial charge >= 0.3 is 5.97 Å². The lowest BCUT2D eigenvalue weighted by molar-refractivity contribution is -0.141. The Morgan fingerprint density at radius 1 is 1.10 bits per heavy atom. The Balaban J connectivity index is 0.000000436. The smallest absolute Gasteiger partial charge is 0.306 e. The van der Waals surface area contributed by atoms with Crippen molar-refractivity contribution in [1.29, 1.82) is 0 Å². The van der Waals surface area contributed by atoms with Crippen molar-refractivity contribution in [1.82, 2.24) is 0 Å². The summed E-state index contributed by atoms with van der Waals surface area (Å²) in [6.07, 6.45) is 20.3. The number of aliphatic hydroxyl groups is 1. The highest BCUT2D eigenvalue weighted by atomic mass is 16.4. The van der Waals surface area contributed by atoms with Crippen molar-refractivity contribution >= 4 is 5.97 Å². The maximum Gasteiger partial charge on any atom is 0.306 e. The molecule has 2 aliphatic carbocycles. The summed E-state index contributed by atoms with van der Waals surface area (Å²) in [6, 6.07) is 0. The van der Waals surface area contributed by atoms with E-state index < -0.39 is 5.97 Å². The number of hydrogen-bond donors (Lipinski definition) is 2. The van der Waals surface area contributed by atoms with Crippen molar-refractivity contribution in [3.63, 3.8) is 0 Å². The van der Waals surface area contributed by atoms with Crippen LogP contribution in [0.3, 0.4) is 0 Å². The number of hydrogen-bond acceptors (Lipinski definition) is 2. The Morgan fingerprint density at radius 3 is 2.28 bits per heavy atom. The van der Waals surface area contributed by atoms with Crippen LogP contribution < -0.4 is 0 Å². The summed E-state index contributed by atoms with van der Waals surface area (Å²) in [4.78, 5) is 10.2. The van der Waals surface area contributed by atoms with Gasteiger partial charge in [-0.05, 0) is 63.9 Å². The molecular weight excluding hydrogens is 360 g/mol. The molecule has 3 nitrogen and oxygen atoms in total. The first-order valence-corrected chi connectivity index (χ1v) is 10.9. The number of allylic oxidation sites excluding steroid dienone is 9. The van der Waals surface area contributed by atoms with E-state index in [-0.39, 0.29) is 12.5 Å². The van der Waals surface area contributed by atoms with E-state index in [0.717, 1.165) is 31.3 Å². The van der Waals surface area contributed by atoms with Crippen molar-refractivity contribution in [3.8, 4) is 0 Å². The maximum atomic E-state index is 10.2. The summed E-state index contributed by atoms with van der Waals surface area (Å²) < 4.78 is 0. The van der Waals surface area contributed by atoms with Gasteiger partial charge in [-0.15, -0.1) is 0 Å². The minimum atomic E-state index is -0.609. The molecule has 0 atom stereocenters. The summed E-state index contributed by atoms with van der Waals surface area (Å²) in [5.74, 6) is -0.627. The second-order valence-corrected chi connectivity index (χ2v) is 8.98. The van der Waals surface area contributed by atoms with E-state index in [0.29, 0.717) is 5.41 Å². The Bertz CT molecular complexity index is 681. The first kappa shape index (κ1) is 25.2. The van der Waals surface area contributed by atoms with E-state index in [9.17, 15) is 4.79 Å². The molecule has 0 unspecified atom stereocenters. The van der Waals surface area contributed by atoms with Crippen LogP contribution >= 0.6 is 0 Å². The van der Waals surface area contributed by atoms with Gasteiger partial charge < -0.3 is 10.2 Å². The van der Waals surface area contributed by atoms with Crippen LogP contribution in [0.5, 0.6) is 0 Å². The standard InChI is InChI=1S/C20H30O.C6H10O2/c1-16(8-6-9-17(2)13-15-21)11-12-19-18(3)10-7-14-20(19,4)5;7-6(8)5-3-1-2-4-5/h6,8-9,11-13,21H,7,10,14-15H2,1-5H3;5H,1-4H2,(H,7,8). The molecule has 2 N–H and O–H groups in total. The average molecular weight is 401 g/mol. The molecule has 2 aliphatic rings. The molecule has 0 bridgehead atoms. The van der Waals surface area contributed by atoms with Gasteiger partial charge in [-0.1, -0.05) is 79.9 Å². The van der Waals surface area contributed by atoms with Gasteiger partial charge in [-0.3, -0.25) is 4.79 Å². The highest BCUT2D eigenvalue weighted by Gasteiger charge is 2.26. The Kier molecular flexibility index (Phi) is 11.0. The molecule has 0 aromatic heterocycles. The second kappa shape index (κ2) is 12.6. The minimum absolute atomic E-state index is 0.0185. The van der Waals surface area contributed by atoms with E-state index >= 15 is 0 Å². The van der Waals surface area contributed by atoms with E-state index in [1.54, 1.807) is 6.08 Å². The average Bonchev–Trinajstić information content (AvgIpc) is 3.16. The normalized spacial score (nSPS) is 21.0. The van der Waals surface area contributed by atoms with Crippen LogP contribution in [0.15, 0.2) is 58.7 Å². The molecule has 1 fully saturated rings. The van der Waals surface area contributed by atoms with E-state index in [1.165, 1.54) is 36.0 Å². The molecule has 2 rings (SSSR count). The number of rotatable bonds is 6. The fourth-order valence-electron chi connectivity index (χ4n) is 4.02. The Hall–Kier alpha value is -1.87. The molecule has 3 heteroatoms. The molecule has 0 radical (unpaired) electrons. The number of carboxylic acid groups (broad SMARTS) is 1. The van der Waals surface area contributed by atoms with Gasteiger partial charge in [0.2, 0.25) is 0 Å². The van der Waals surface area contributed by atoms with Crippen molar-refractivity contribution in [2.45, 2.75) is 79.6 Å². The first-order valence-electron chi connectivity index (χ1n) is 10.9.